The minimum atomic E-state index is -3.23. The summed E-state index contributed by atoms with van der Waals surface area (Å²) in [5.74, 6) is 0.816. The molecule has 0 amide bonds. The van der Waals surface area contributed by atoms with Crippen LogP contribution in [0.15, 0.2) is 41.4 Å². The summed E-state index contributed by atoms with van der Waals surface area (Å²) in [5.41, 5.74) is 3.20. The predicted octanol–water partition coefficient (Wildman–Crippen LogP) is 2.94. The highest BCUT2D eigenvalue weighted by Crippen LogP contribution is 2.19. The van der Waals surface area contributed by atoms with Gasteiger partial charge in [0.2, 0.25) is 0 Å². The largest absolute Gasteiger partial charge is 0.496 e. The van der Waals surface area contributed by atoms with E-state index < -0.39 is 15.7 Å². The Labute approximate surface area is 172 Å². The molecule has 29 heavy (non-hydrogen) atoms. The van der Waals surface area contributed by atoms with Crippen LogP contribution in [0.1, 0.15) is 29.2 Å². The highest BCUT2D eigenvalue weighted by atomic mass is 32.2. The number of rotatable bonds is 8. The van der Waals surface area contributed by atoms with Crippen molar-refractivity contribution in [1.82, 2.24) is 10.6 Å². The zero-order valence-corrected chi connectivity index (χ0v) is 18.1. The highest BCUT2D eigenvalue weighted by Gasteiger charge is 2.11. The second-order valence-electron chi connectivity index (χ2n) is 6.84. The van der Waals surface area contributed by atoms with Gasteiger partial charge in [-0.2, -0.15) is 0 Å². The minimum absolute atomic E-state index is 0.138. The van der Waals surface area contributed by atoms with E-state index in [2.05, 4.69) is 15.6 Å². The SMILES string of the molecule is CCNC(=NCc1ccc(C)c(OC)c1)NCc1cc(F)ccc1CS(C)(=O)=O. The molecular formula is C21H28FN3O3S. The van der Waals surface area contributed by atoms with E-state index in [-0.39, 0.29) is 12.3 Å². The third kappa shape index (κ3) is 7.38. The average Bonchev–Trinajstić information content (AvgIpc) is 2.66. The molecule has 6 nitrogen and oxygen atoms in total. The second-order valence-corrected chi connectivity index (χ2v) is 8.98. The Morgan fingerprint density at radius 1 is 1.14 bits per heavy atom. The number of hydrogen-bond donors (Lipinski definition) is 2. The fourth-order valence-corrected chi connectivity index (χ4v) is 3.68. The molecule has 0 saturated carbocycles. The molecule has 0 bridgehead atoms. The number of halogens is 1. The van der Waals surface area contributed by atoms with Gasteiger partial charge in [-0.3, -0.25) is 0 Å². The molecule has 158 valence electrons. The minimum Gasteiger partial charge on any atom is -0.496 e. The molecule has 0 spiro atoms. The molecule has 8 heteroatoms. The molecule has 0 aliphatic carbocycles. The summed E-state index contributed by atoms with van der Waals surface area (Å²) in [6.07, 6.45) is 1.16. The summed E-state index contributed by atoms with van der Waals surface area (Å²) in [5, 5.41) is 6.29. The Morgan fingerprint density at radius 3 is 2.55 bits per heavy atom. The molecule has 0 aliphatic rings. The molecule has 0 aliphatic heterocycles. The highest BCUT2D eigenvalue weighted by molar-refractivity contribution is 7.89. The van der Waals surface area contributed by atoms with E-state index in [4.69, 9.17) is 4.74 Å². The fraction of sp³-hybridized carbons (Fsp3) is 0.381. The molecule has 2 aromatic carbocycles. The van der Waals surface area contributed by atoms with Crippen LogP contribution in [-0.4, -0.2) is 34.3 Å². The van der Waals surface area contributed by atoms with Crippen molar-refractivity contribution in [3.05, 3.63) is 64.5 Å². The average molecular weight is 422 g/mol. The summed E-state index contributed by atoms with van der Waals surface area (Å²) in [6, 6.07) is 10.0. The standard InChI is InChI=1S/C21H28FN3O3S/c1-5-23-21(24-12-16-7-6-15(2)20(10-16)28-3)25-13-18-11-19(22)9-8-17(18)14-29(4,26)27/h6-11H,5,12-14H2,1-4H3,(H2,23,24,25). The zero-order chi connectivity index (χ0) is 21.4. The lowest BCUT2D eigenvalue weighted by atomic mass is 10.1. The number of hydrogen-bond acceptors (Lipinski definition) is 4. The number of nitrogens with one attached hydrogen (secondary N) is 2. The number of methoxy groups -OCH3 is 1. The predicted molar refractivity (Wildman–Crippen MR) is 114 cm³/mol. The van der Waals surface area contributed by atoms with Crippen molar-refractivity contribution in [1.29, 1.82) is 0 Å². The first-order valence-electron chi connectivity index (χ1n) is 9.32. The second kappa shape index (κ2) is 10.2. The van der Waals surface area contributed by atoms with Gasteiger partial charge in [-0.1, -0.05) is 18.2 Å². The molecule has 0 saturated heterocycles. The van der Waals surface area contributed by atoms with E-state index in [1.165, 1.54) is 18.2 Å². The Hall–Kier alpha value is -2.61. The van der Waals surface area contributed by atoms with Crippen molar-refractivity contribution >= 4 is 15.8 Å². The van der Waals surface area contributed by atoms with Crippen LogP contribution < -0.4 is 15.4 Å². The van der Waals surface area contributed by atoms with Crippen LogP contribution >= 0.6 is 0 Å². The molecule has 0 radical (unpaired) electrons. The third-order valence-electron chi connectivity index (χ3n) is 4.27. The van der Waals surface area contributed by atoms with E-state index in [1.807, 2.05) is 32.0 Å². The van der Waals surface area contributed by atoms with Crippen molar-refractivity contribution in [2.75, 3.05) is 19.9 Å². The Kier molecular flexibility index (Phi) is 8.01. The van der Waals surface area contributed by atoms with Gasteiger partial charge in [0.1, 0.15) is 11.6 Å². The van der Waals surface area contributed by atoms with Gasteiger partial charge in [0, 0.05) is 19.3 Å². The van der Waals surface area contributed by atoms with Gasteiger partial charge < -0.3 is 15.4 Å². The van der Waals surface area contributed by atoms with Crippen molar-refractivity contribution in [3.8, 4) is 5.75 Å². The lowest BCUT2D eigenvalue weighted by Crippen LogP contribution is -2.37. The summed E-state index contributed by atoms with van der Waals surface area (Å²) in [6.45, 7) is 5.27. The number of benzene rings is 2. The first-order valence-corrected chi connectivity index (χ1v) is 11.4. The first-order chi connectivity index (χ1) is 13.7. The maximum atomic E-state index is 13.7. The number of sulfone groups is 1. The summed E-state index contributed by atoms with van der Waals surface area (Å²) >= 11 is 0. The molecule has 2 aromatic rings. The number of ether oxygens (including phenoxy) is 1. The van der Waals surface area contributed by atoms with Gasteiger partial charge >= 0.3 is 0 Å². The molecule has 0 atom stereocenters. The van der Waals surface area contributed by atoms with E-state index in [9.17, 15) is 12.8 Å². The van der Waals surface area contributed by atoms with Gasteiger partial charge in [0.25, 0.3) is 0 Å². The lowest BCUT2D eigenvalue weighted by Gasteiger charge is -2.14. The summed E-state index contributed by atoms with van der Waals surface area (Å²) in [4.78, 5) is 4.56. The normalized spacial score (nSPS) is 12.0. The van der Waals surface area contributed by atoms with Gasteiger partial charge in [0.05, 0.1) is 19.4 Å². The van der Waals surface area contributed by atoms with Crippen LogP contribution in [0.3, 0.4) is 0 Å². The number of guanidine groups is 1. The molecule has 0 aromatic heterocycles. The van der Waals surface area contributed by atoms with Crippen molar-refractivity contribution in [2.45, 2.75) is 32.7 Å². The molecule has 0 unspecified atom stereocenters. The van der Waals surface area contributed by atoms with E-state index in [1.54, 1.807) is 7.11 Å². The summed E-state index contributed by atoms with van der Waals surface area (Å²) < 4.78 is 42.3. The van der Waals surface area contributed by atoms with Crippen LogP contribution in [0.5, 0.6) is 5.75 Å². The monoisotopic (exact) mass is 421 g/mol. The molecule has 0 heterocycles. The van der Waals surface area contributed by atoms with Crippen LogP contribution in [0.4, 0.5) is 4.39 Å². The zero-order valence-electron chi connectivity index (χ0n) is 17.3. The van der Waals surface area contributed by atoms with Gasteiger partial charge in [-0.05, 0) is 54.3 Å². The molecule has 2 N–H and O–H groups in total. The maximum Gasteiger partial charge on any atom is 0.191 e. The Balaban J connectivity index is 2.15. The molecule has 2 rings (SSSR count). The number of aryl methyl sites for hydroxylation is 1. The van der Waals surface area contributed by atoms with E-state index in [0.717, 1.165) is 23.1 Å². The Morgan fingerprint density at radius 2 is 1.90 bits per heavy atom. The quantitative estimate of drug-likeness (QED) is 0.506. The van der Waals surface area contributed by atoms with Gasteiger partial charge in [0.15, 0.2) is 15.8 Å². The van der Waals surface area contributed by atoms with Crippen molar-refractivity contribution < 1.29 is 17.5 Å². The topological polar surface area (TPSA) is 79.8 Å². The third-order valence-corrected chi connectivity index (χ3v) is 5.10. The maximum absolute atomic E-state index is 13.7. The molecular weight excluding hydrogens is 393 g/mol. The fourth-order valence-electron chi connectivity index (χ4n) is 2.84. The smallest absolute Gasteiger partial charge is 0.191 e. The van der Waals surface area contributed by atoms with Crippen molar-refractivity contribution in [2.24, 2.45) is 4.99 Å². The van der Waals surface area contributed by atoms with E-state index >= 15 is 0 Å². The molecule has 0 fully saturated rings. The summed E-state index contributed by atoms with van der Waals surface area (Å²) in [7, 11) is -1.59. The van der Waals surface area contributed by atoms with Crippen LogP contribution in [-0.2, 0) is 28.7 Å². The lowest BCUT2D eigenvalue weighted by molar-refractivity contribution is 0.411. The van der Waals surface area contributed by atoms with E-state index in [0.29, 0.717) is 30.2 Å². The number of nitrogens with zero attached hydrogens (tertiary/aromatic N) is 1. The number of aliphatic imine (C=N–C) groups is 1. The first kappa shape index (κ1) is 22.7. The van der Waals surface area contributed by atoms with Crippen LogP contribution in [0, 0.1) is 12.7 Å². The van der Waals surface area contributed by atoms with Crippen LogP contribution in [0.2, 0.25) is 0 Å². The van der Waals surface area contributed by atoms with Gasteiger partial charge in [-0.15, -0.1) is 0 Å². The Bertz CT molecular complexity index is 975. The van der Waals surface area contributed by atoms with Gasteiger partial charge in [-0.25, -0.2) is 17.8 Å². The van der Waals surface area contributed by atoms with Crippen molar-refractivity contribution in [3.63, 3.8) is 0 Å². The van der Waals surface area contributed by atoms with Crippen LogP contribution in [0.25, 0.3) is 0 Å².